The second kappa shape index (κ2) is 8.60. The highest BCUT2D eigenvalue weighted by atomic mass is 35.5. The molecule has 0 unspecified atom stereocenters. The zero-order valence-electron chi connectivity index (χ0n) is 16.4. The molecule has 154 valence electrons. The molecule has 3 rings (SSSR count). The number of fused-ring (bicyclic) bond motifs is 1. The summed E-state index contributed by atoms with van der Waals surface area (Å²) in [6.07, 6.45) is 1.26. The van der Waals surface area contributed by atoms with Crippen molar-refractivity contribution in [3.05, 3.63) is 46.0 Å². The first kappa shape index (κ1) is 20.8. The Bertz CT molecular complexity index is 974. The van der Waals surface area contributed by atoms with Crippen molar-refractivity contribution >= 4 is 35.4 Å². The normalized spacial score (nSPS) is 13.8. The summed E-state index contributed by atoms with van der Waals surface area (Å²) in [7, 11) is 1.57. The van der Waals surface area contributed by atoms with Gasteiger partial charge in [-0.3, -0.25) is 9.48 Å². The van der Waals surface area contributed by atoms with Gasteiger partial charge >= 0.3 is 6.03 Å². The van der Waals surface area contributed by atoms with Gasteiger partial charge in [0.15, 0.2) is 0 Å². The molecule has 1 aromatic carbocycles. The molecule has 2 heterocycles. The summed E-state index contributed by atoms with van der Waals surface area (Å²) in [4.78, 5) is 25.0. The van der Waals surface area contributed by atoms with Gasteiger partial charge in [-0.1, -0.05) is 11.6 Å². The van der Waals surface area contributed by atoms with Crippen molar-refractivity contribution in [1.29, 1.82) is 0 Å². The molecule has 3 amide bonds. The van der Waals surface area contributed by atoms with Gasteiger partial charge in [0.05, 0.1) is 29.5 Å². The maximum atomic E-state index is 13.3. The predicted octanol–water partition coefficient (Wildman–Crippen LogP) is 3.04. The summed E-state index contributed by atoms with van der Waals surface area (Å²) < 4.78 is 15.1. The number of anilines is 1. The SMILES string of the molecule is C/C(Cn1nc2c(c1C)CN(C(=O)Nc1ccc(F)c(Cl)c1)CC2)=N/N(C)C=O. The van der Waals surface area contributed by atoms with Gasteiger partial charge < -0.3 is 10.2 Å². The van der Waals surface area contributed by atoms with E-state index in [-0.39, 0.29) is 11.1 Å². The Kier molecular flexibility index (Phi) is 6.17. The highest BCUT2D eigenvalue weighted by Gasteiger charge is 2.26. The number of nitrogens with zero attached hydrogens (tertiary/aromatic N) is 5. The lowest BCUT2D eigenvalue weighted by Crippen LogP contribution is -2.38. The molecule has 29 heavy (non-hydrogen) atoms. The first-order valence-electron chi connectivity index (χ1n) is 9.07. The third kappa shape index (κ3) is 4.73. The van der Waals surface area contributed by atoms with E-state index >= 15 is 0 Å². The van der Waals surface area contributed by atoms with Gasteiger partial charge in [0.1, 0.15) is 5.82 Å². The summed E-state index contributed by atoms with van der Waals surface area (Å²) in [5.74, 6) is -0.534. The van der Waals surface area contributed by atoms with Crippen LogP contribution in [0.2, 0.25) is 5.02 Å². The number of benzene rings is 1. The van der Waals surface area contributed by atoms with E-state index in [1.54, 1.807) is 11.9 Å². The number of urea groups is 1. The van der Waals surface area contributed by atoms with Crippen molar-refractivity contribution in [2.24, 2.45) is 5.10 Å². The quantitative estimate of drug-likeness (QED) is 0.458. The second-order valence-electron chi connectivity index (χ2n) is 6.91. The molecule has 1 aliphatic rings. The Hall–Kier alpha value is -2.94. The number of carbonyl (C=O) groups excluding carboxylic acids is 2. The van der Waals surface area contributed by atoms with Crippen molar-refractivity contribution in [3.63, 3.8) is 0 Å². The topological polar surface area (TPSA) is 82.8 Å². The third-order valence-corrected chi connectivity index (χ3v) is 4.99. The summed E-state index contributed by atoms with van der Waals surface area (Å²) >= 11 is 5.77. The van der Waals surface area contributed by atoms with Crippen LogP contribution in [0, 0.1) is 12.7 Å². The van der Waals surface area contributed by atoms with Crippen LogP contribution in [0.4, 0.5) is 14.9 Å². The van der Waals surface area contributed by atoms with E-state index < -0.39 is 5.82 Å². The molecule has 0 radical (unpaired) electrons. The Morgan fingerprint density at radius 2 is 2.24 bits per heavy atom. The van der Waals surface area contributed by atoms with Gasteiger partial charge in [0.25, 0.3) is 0 Å². The van der Waals surface area contributed by atoms with Crippen LogP contribution < -0.4 is 5.32 Å². The van der Waals surface area contributed by atoms with E-state index in [2.05, 4.69) is 15.5 Å². The van der Waals surface area contributed by atoms with Crippen molar-refractivity contribution in [2.45, 2.75) is 33.4 Å². The lowest BCUT2D eigenvalue weighted by Gasteiger charge is -2.27. The van der Waals surface area contributed by atoms with Crippen molar-refractivity contribution in [1.82, 2.24) is 19.7 Å². The number of aromatic nitrogens is 2. The third-order valence-electron chi connectivity index (χ3n) is 4.70. The number of rotatable bonds is 5. The molecule has 0 fully saturated rings. The maximum absolute atomic E-state index is 13.3. The fourth-order valence-electron chi connectivity index (χ4n) is 3.21. The highest BCUT2D eigenvalue weighted by Crippen LogP contribution is 2.24. The van der Waals surface area contributed by atoms with E-state index in [0.717, 1.165) is 22.7 Å². The first-order valence-corrected chi connectivity index (χ1v) is 9.44. The zero-order valence-corrected chi connectivity index (χ0v) is 17.2. The Morgan fingerprint density at radius 3 is 2.93 bits per heavy atom. The maximum Gasteiger partial charge on any atom is 0.322 e. The standard InChI is InChI=1S/C19H22ClFN6O2/c1-12(23-25(3)11-28)9-27-13(2)15-10-26(7-6-18(15)24-27)19(29)22-14-4-5-17(21)16(20)8-14/h4-5,8,11H,6-7,9-10H2,1-3H3,(H,22,29)/b23-12-. The molecule has 2 aromatic rings. The molecule has 0 bridgehead atoms. The molecule has 0 spiro atoms. The van der Waals surface area contributed by atoms with Gasteiger partial charge in [-0.15, -0.1) is 0 Å². The van der Waals surface area contributed by atoms with Crippen LogP contribution in [-0.4, -0.2) is 51.4 Å². The largest absolute Gasteiger partial charge is 0.322 e. The smallest absolute Gasteiger partial charge is 0.320 e. The first-order chi connectivity index (χ1) is 13.8. The monoisotopic (exact) mass is 420 g/mol. The number of hydrogen-bond acceptors (Lipinski definition) is 4. The zero-order chi connectivity index (χ0) is 21.1. The van der Waals surface area contributed by atoms with Gasteiger partial charge in [0, 0.05) is 37.0 Å². The van der Waals surface area contributed by atoms with E-state index in [1.165, 1.54) is 23.2 Å². The Morgan fingerprint density at radius 1 is 1.48 bits per heavy atom. The minimum Gasteiger partial charge on any atom is -0.320 e. The van der Waals surface area contributed by atoms with Gasteiger partial charge in [0.2, 0.25) is 6.41 Å². The van der Waals surface area contributed by atoms with E-state index in [4.69, 9.17) is 11.6 Å². The molecule has 1 aromatic heterocycles. The number of hydrazone groups is 1. The molecule has 1 N–H and O–H groups in total. The van der Waals surface area contributed by atoms with Crippen LogP contribution >= 0.6 is 11.6 Å². The molecule has 0 aliphatic carbocycles. The van der Waals surface area contributed by atoms with E-state index in [9.17, 15) is 14.0 Å². The van der Waals surface area contributed by atoms with Crippen molar-refractivity contribution < 1.29 is 14.0 Å². The number of amides is 3. The average Bonchev–Trinajstić information content (AvgIpc) is 2.99. The van der Waals surface area contributed by atoms with Crippen molar-refractivity contribution in [3.8, 4) is 0 Å². The molecule has 10 heteroatoms. The minimum absolute atomic E-state index is 0.0434. The van der Waals surface area contributed by atoms with Gasteiger partial charge in [-0.2, -0.15) is 10.2 Å². The van der Waals surface area contributed by atoms with Gasteiger partial charge in [-0.05, 0) is 32.0 Å². The van der Waals surface area contributed by atoms with E-state index in [0.29, 0.717) is 38.2 Å². The van der Waals surface area contributed by atoms with Crippen LogP contribution in [0.1, 0.15) is 23.9 Å². The van der Waals surface area contributed by atoms with Crippen LogP contribution in [0.3, 0.4) is 0 Å². The Balaban J connectivity index is 1.71. The Labute approximate surface area is 172 Å². The number of nitrogens with one attached hydrogen (secondary N) is 1. The minimum atomic E-state index is -0.534. The lowest BCUT2D eigenvalue weighted by molar-refractivity contribution is -0.117. The molecule has 1 aliphatic heterocycles. The molecular formula is C19H22ClFN6O2. The summed E-state index contributed by atoms with van der Waals surface area (Å²) in [5.41, 5.74) is 4.08. The number of carbonyl (C=O) groups is 2. The average molecular weight is 421 g/mol. The summed E-state index contributed by atoms with van der Waals surface area (Å²) in [6.45, 7) is 5.17. The second-order valence-corrected chi connectivity index (χ2v) is 7.32. The van der Waals surface area contributed by atoms with E-state index in [1.807, 2.05) is 18.5 Å². The molecule has 8 nitrogen and oxygen atoms in total. The highest BCUT2D eigenvalue weighted by molar-refractivity contribution is 6.31. The molecule has 0 saturated heterocycles. The summed E-state index contributed by atoms with van der Waals surface area (Å²) in [5, 5.41) is 12.7. The molecule has 0 atom stereocenters. The van der Waals surface area contributed by atoms with Crippen LogP contribution in [-0.2, 0) is 24.3 Å². The number of hydrogen-bond donors (Lipinski definition) is 1. The number of halogens is 2. The van der Waals surface area contributed by atoms with Crippen LogP contribution in [0.15, 0.2) is 23.3 Å². The van der Waals surface area contributed by atoms with Crippen LogP contribution in [0.25, 0.3) is 0 Å². The fraction of sp³-hybridized carbons (Fsp3) is 0.368. The predicted molar refractivity (Wildman–Crippen MR) is 108 cm³/mol. The fourth-order valence-corrected chi connectivity index (χ4v) is 3.39. The lowest BCUT2D eigenvalue weighted by atomic mass is 10.1. The van der Waals surface area contributed by atoms with Crippen LogP contribution in [0.5, 0.6) is 0 Å². The molecule has 0 saturated carbocycles. The van der Waals surface area contributed by atoms with Crippen molar-refractivity contribution in [2.75, 3.05) is 18.9 Å². The molecular weight excluding hydrogens is 399 g/mol. The van der Waals surface area contributed by atoms with Gasteiger partial charge in [-0.25, -0.2) is 14.2 Å². The summed E-state index contributed by atoms with van der Waals surface area (Å²) in [6, 6.07) is 3.78.